The van der Waals surface area contributed by atoms with E-state index in [4.69, 9.17) is 0 Å². The molecule has 4 rings (SSSR count). The van der Waals surface area contributed by atoms with Crippen LogP contribution >= 0.6 is 0 Å². The van der Waals surface area contributed by atoms with Crippen molar-refractivity contribution < 1.29 is 4.79 Å². The van der Waals surface area contributed by atoms with Crippen LogP contribution in [0.2, 0.25) is 0 Å². The van der Waals surface area contributed by atoms with Crippen LogP contribution in [0.3, 0.4) is 0 Å². The zero-order chi connectivity index (χ0) is 16.4. The summed E-state index contributed by atoms with van der Waals surface area (Å²) in [7, 11) is 0. The molecular weight excluding hydrogens is 300 g/mol. The number of anilines is 1. The first-order chi connectivity index (χ1) is 11.8. The van der Waals surface area contributed by atoms with Crippen LogP contribution in [0, 0.1) is 0 Å². The number of hydrogen-bond donors (Lipinski definition) is 3. The van der Waals surface area contributed by atoms with Crippen molar-refractivity contribution >= 4 is 22.5 Å². The van der Waals surface area contributed by atoms with Gasteiger partial charge in [-0.2, -0.15) is 0 Å². The molecular formula is C19H20N4O. The number of pyridine rings is 1. The summed E-state index contributed by atoms with van der Waals surface area (Å²) >= 11 is 0. The van der Waals surface area contributed by atoms with Gasteiger partial charge in [-0.25, -0.2) is 0 Å². The van der Waals surface area contributed by atoms with Gasteiger partial charge in [0.25, 0.3) is 5.91 Å². The lowest BCUT2D eigenvalue weighted by Gasteiger charge is -2.08. The minimum Gasteiger partial charge on any atom is -0.385 e. The van der Waals surface area contributed by atoms with Gasteiger partial charge in [-0.15, -0.1) is 0 Å². The third-order valence-electron chi connectivity index (χ3n) is 4.30. The van der Waals surface area contributed by atoms with E-state index in [2.05, 4.69) is 45.0 Å². The van der Waals surface area contributed by atoms with Gasteiger partial charge in [0.1, 0.15) is 5.69 Å². The average Bonchev–Trinajstić information content (AvgIpc) is 3.33. The first-order valence-electron chi connectivity index (χ1n) is 8.35. The molecule has 0 unspecified atom stereocenters. The number of H-pyrrole nitrogens is 1. The highest BCUT2D eigenvalue weighted by Crippen LogP contribution is 2.20. The van der Waals surface area contributed by atoms with Gasteiger partial charge >= 0.3 is 0 Å². The van der Waals surface area contributed by atoms with Gasteiger partial charge in [0.05, 0.1) is 0 Å². The number of nitrogens with zero attached hydrogens (tertiary/aromatic N) is 1. The summed E-state index contributed by atoms with van der Waals surface area (Å²) in [5.74, 6) is -0.0854. The quantitative estimate of drug-likeness (QED) is 0.653. The molecule has 2 aromatic heterocycles. The molecule has 0 aliphatic heterocycles. The van der Waals surface area contributed by atoms with Crippen molar-refractivity contribution in [3.63, 3.8) is 0 Å². The van der Waals surface area contributed by atoms with Crippen molar-refractivity contribution in [1.29, 1.82) is 0 Å². The van der Waals surface area contributed by atoms with Crippen LogP contribution in [-0.2, 0) is 6.42 Å². The van der Waals surface area contributed by atoms with Gasteiger partial charge in [-0.1, -0.05) is 18.2 Å². The summed E-state index contributed by atoms with van der Waals surface area (Å²) in [5, 5.41) is 7.60. The Morgan fingerprint density at radius 1 is 1.25 bits per heavy atom. The highest BCUT2D eigenvalue weighted by atomic mass is 16.2. The van der Waals surface area contributed by atoms with E-state index in [-0.39, 0.29) is 5.91 Å². The fraction of sp³-hybridized carbons (Fsp3) is 0.263. The Bertz CT molecular complexity index is 866. The van der Waals surface area contributed by atoms with Crippen LogP contribution < -0.4 is 10.6 Å². The number of fused-ring (bicyclic) bond motifs is 1. The number of amides is 1. The third kappa shape index (κ3) is 3.25. The van der Waals surface area contributed by atoms with Crippen molar-refractivity contribution in [2.24, 2.45) is 0 Å². The molecule has 1 saturated carbocycles. The van der Waals surface area contributed by atoms with Crippen molar-refractivity contribution in [3.8, 4) is 0 Å². The van der Waals surface area contributed by atoms with Crippen molar-refractivity contribution in [2.45, 2.75) is 25.3 Å². The van der Waals surface area contributed by atoms with Gasteiger partial charge in [-0.05, 0) is 43.0 Å². The second-order valence-electron chi connectivity index (χ2n) is 6.21. The predicted octanol–water partition coefficient (Wildman–Crippen LogP) is 3.11. The van der Waals surface area contributed by atoms with Crippen molar-refractivity contribution in [3.05, 3.63) is 60.0 Å². The van der Waals surface area contributed by atoms with Gasteiger partial charge in [0.2, 0.25) is 0 Å². The van der Waals surface area contributed by atoms with E-state index in [0.29, 0.717) is 11.7 Å². The summed E-state index contributed by atoms with van der Waals surface area (Å²) in [6.07, 6.45) is 6.81. The zero-order valence-corrected chi connectivity index (χ0v) is 13.4. The molecule has 5 heteroatoms. The highest BCUT2D eigenvalue weighted by molar-refractivity contribution is 5.93. The number of nitrogens with one attached hydrogen (secondary N) is 3. The first-order valence-corrected chi connectivity index (χ1v) is 8.35. The van der Waals surface area contributed by atoms with E-state index >= 15 is 0 Å². The lowest BCUT2D eigenvalue weighted by molar-refractivity contribution is 0.0946. The SMILES string of the molecule is O=C(NC1CC1)c1cc(NCCc2c[nH]c3ccccc23)ccn1. The number of carbonyl (C=O) groups excluding carboxylic acids is 1. The Labute approximate surface area is 140 Å². The number of rotatable bonds is 6. The Hall–Kier alpha value is -2.82. The van der Waals surface area contributed by atoms with E-state index in [9.17, 15) is 4.79 Å². The Morgan fingerprint density at radius 3 is 3.00 bits per heavy atom. The van der Waals surface area contributed by atoms with Crippen molar-refractivity contribution in [1.82, 2.24) is 15.3 Å². The second kappa shape index (κ2) is 6.35. The molecule has 1 fully saturated rings. The zero-order valence-electron chi connectivity index (χ0n) is 13.4. The maximum atomic E-state index is 12.0. The molecule has 3 N–H and O–H groups in total. The molecule has 0 radical (unpaired) electrons. The van der Waals surface area contributed by atoms with Gasteiger partial charge in [0, 0.05) is 41.6 Å². The molecule has 24 heavy (non-hydrogen) atoms. The standard InChI is InChI=1S/C19H20N4O/c24-19(23-14-5-6-14)18-11-15(8-10-21-18)20-9-7-13-12-22-17-4-2-1-3-16(13)17/h1-4,8,10-12,14,22H,5-7,9H2,(H,20,21)(H,23,24). The molecule has 1 aliphatic carbocycles. The average molecular weight is 320 g/mol. The number of para-hydroxylation sites is 1. The molecule has 3 aromatic rings. The monoisotopic (exact) mass is 320 g/mol. The largest absolute Gasteiger partial charge is 0.385 e. The summed E-state index contributed by atoms with van der Waals surface area (Å²) < 4.78 is 0. The van der Waals surface area contributed by atoms with Crippen LogP contribution in [0.5, 0.6) is 0 Å². The molecule has 0 atom stereocenters. The summed E-state index contributed by atoms with van der Waals surface area (Å²) in [5.41, 5.74) is 3.85. The Morgan fingerprint density at radius 2 is 2.12 bits per heavy atom. The maximum absolute atomic E-state index is 12.0. The molecule has 1 aliphatic rings. The van der Waals surface area contributed by atoms with E-state index in [1.807, 2.05) is 18.2 Å². The van der Waals surface area contributed by atoms with E-state index < -0.39 is 0 Å². The molecule has 122 valence electrons. The highest BCUT2D eigenvalue weighted by Gasteiger charge is 2.24. The first kappa shape index (κ1) is 14.8. The van der Waals surface area contributed by atoms with Crippen LogP contribution in [0.15, 0.2) is 48.8 Å². The summed E-state index contributed by atoms with van der Waals surface area (Å²) in [6, 6.07) is 12.4. The molecule has 5 nitrogen and oxygen atoms in total. The van der Waals surface area contributed by atoms with E-state index in [1.165, 1.54) is 10.9 Å². The molecule has 1 aromatic carbocycles. The maximum Gasteiger partial charge on any atom is 0.270 e. The van der Waals surface area contributed by atoms with Crippen LogP contribution in [0.1, 0.15) is 28.9 Å². The molecule has 0 saturated heterocycles. The van der Waals surface area contributed by atoms with E-state index in [0.717, 1.165) is 37.0 Å². The normalized spacial score (nSPS) is 13.8. The topological polar surface area (TPSA) is 69.8 Å². The third-order valence-corrected chi connectivity index (χ3v) is 4.30. The van der Waals surface area contributed by atoms with Gasteiger partial charge < -0.3 is 15.6 Å². The van der Waals surface area contributed by atoms with Crippen LogP contribution in [-0.4, -0.2) is 28.5 Å². The lowest BCUT2D eigenvalue weighted by atomic mass is 10.1. The fourth-order valence-electron chi connectivity index (χ4n) is 2.83. The smallest absolute Gasteiger partial charge is 0.270 e. The summed E-state index contributed by atoms with van der Waals surface area (Å²) in [4.78, 5) is 19.5. The van der Waals surface area contributed by atoms with Crippen LogP contribution in [0.4, 0.5) is 5.69 Å². The predicted molar refractivity (Wildman–Crippen MR) is 95.2 cm³/mol. The Kier molecular flexibility index (Phi) is 3.91. The second-order valence-corrected chi connectivity index (χ2v) is 6.21. The number of aromatic amines is 1. The van der Waals surface area contributed by atoms with E-state index in [1.54, 1.807) is 6.20 Å². The molecule has 0 bridgehead atoms. The minimum absolute atomic E-state index is 0.0854. The number of hydrogen-bond acceptors (Lipinski definition) is 3. The van der Waals surface area contributed by atoms with Crippen molar-refractivity contribution in [2.75, 3.05) is 11.9 Å². The van der Waals surface area contributed by atoms with Gasteiger partial charge in [0.15, 0.2) is 0 Å². The lowest BCUT2D eigenvalue weighted by Crippen LogP contribution is -2.26. The fourth-order valence-corrected chi connectivity index (χ4v) is 2.83. The number of carbonyl (C=O) groups is 1. The van der Waals surface area contributed by atoms with Gasteiger partial charge in [-0.3, -0.25) is 9.78 Å². The summed E-state index contributed by atoms with van der Waals surface area (Å²) in [6.45, 7) is 0.801. The molecule has 2 heterocycles. The minimum atomic E-state index is -0.0854. The Balaban J connectivity index is 1.38. The molecule has 0 spiro atoms. The van der Waals surface area contributed by atoms with Crippen LogP contribution in [0.25, 0.3) is 10.9 Å². The molecule has 1 amide bonds. The number of aromatic nitrogens is 2. The number of benzene rings is 1.